The molecule has 8 aromatic carbocycles. The average Bonchev–Trinajstić information content (AvgIpc) is 3.37. The van der Waals surface area contributed by atoms with Gasteiger partial charge in [-0.2, -0.15) is 0 Å². The molecule has 0 spiro atoms. The van der Waals surface area contributed by atoms with E-state index < -0.39 is 0 Å². The van der Waals surface area contributed by atoms with Gasteiger partial charge in [0.05, 0.1) is 11.4 Å². The van der Waals surface area contributed by atoms with Crippen LogP contribution in [0.15, 0.2) is 235 Å². The first kappa shape index (κ1) is 46.8. The van der Waals surface area contributed by atoms with E-state index in [1.807, 2.05) is 0 Å². The minimum atomic E-state index is 0.270. The Kier molecular flexibility index (Phi) is 13.3. The zero-order valence-corrected chi connectivity index (χ0v) is 42.6. The summed E-state index contributed by atoms with van der Waals surface area (Å²) < 4.78 is 0. The zero-order valence-electron chi connectivity index (χ0n) is 42.6. The number of benzene rings is 8. The minimum absolute atomic E-state index is 0.270. The van der Waals surface area contributed by atoms with Crippen molar-refractivity contribution in [2.45, 2.75) is 67.7 Å². The Labute approximate surface area is 423 Å². The van der Waals surface area contributed by atoms with E-state index in [0.717, 1.165) is 46.2 Å². The average molecular weight is 924 g/mol. The lowest BCUT2D eigenvalue weighted by Crippen LogP contribution is -2.29. The van der Waals surface area contributed by atoms with Crippen molar-refractivity contribution >= 4 is 39.8 Å². The molecule has 3 unspecified atom stereocenters. The standard InChI is InChI=1S/C68H65N3/c1-46-9-20-54(21-10-46)56-26-34-61(35-27-56)69(59-30-15-49(4)16-31-59)64-43-65(70(60-32-17-50(5)18-33-60)62-36-28-57(29-37-62)55-22-11-47(2)12-23-55)45-66(44-64)71(68-40-19-51(6)41-53(68)8)63-38-39-67(52(7)42-63)58-24-13-48(3)14-25-58/h9-40,42-45,52-53,67H,41H2,1-8H3. The summed E-state index contributed by atoms with van der Waals surface area (Å²) in [5.41, 5.74) is 23.8. The maximum atomic E-state index is 2.56. The van der Waals surface area contributed by atoms with Crippen molar-refractivity contribution in [3.8, 4) is 22.3 Å². The fraction of sp³-hybridized carbons (Fsp3) is 0.176. The molecule has 0 bridgehead atoms. The van der Waals surface area contributed by atoms with Crippen molar-refractivity contribution in [2.24, 2.45) is 11.8 Å². The van der Waals surface area contributed by atoms with E-state index in [9.17, 15) is 0 Å². The number of hydrogen-bond donors (Lipinski definition) is 0. The van der Waals surface area contributed by atoms with Crippen LogP contribution < -0.4 is 14.7 Å². The molecule has 0 radical (unpaired) electrons. The van der Waals surface area contributed by atoms with Crippen molar-refractivity contribution in [3.05, 3.63) is 269 Å². The number of allylic oxidation sites excluding steroid dienone is 7. The van der Waals surface area contributed by atoms with Crippen LogP contribution in [0.4, 0.5) is 39.8 Å². The largest absolute Gasteiger partial charge is 0.314 e. The second kappa shape index (κ2) is 20.2. The van der Waals surface area contributed by atoms with Crippen molar-refractivity contribution in [2.75, 3.05) is 14.7 Å². The number of hydrogen-bond acceptors (Lipinski definition) is 3. The third-order valence-electron chi connectivity index (χ3n) is 14.4. The van der Waals surface area contributed by atoms with Crippen molar-refractivity contribution < 1.29 is 0 Å². The quantitative estimate of drug-likeness (QED) is 0.121. The smallest absolute Gasteiger partial charge is 0.0503 e. The van der Waals surface area contributed by atoms with Crippen LogP contribution in [0.25, 0.3) is 22.3 Å². The van der Waals surface area contributed by atoms with Gasteiger partial charge in [-0.25, -0.2) is 0 Å². The third-order valence-corrected chi connectivity index (χ3v) is 14.4. The molecule has 10 rings (SSSR count). The Morgan fingerprint density at radius 1 is 0.366 bits per heavy atom. The molecule has 3 atom stereocenters. The van der Waals surface area contributed by atoms with Gasteiger partial charge in [0, 0.05) is 51.7 Å². The maximum absolute atomic E-state index is 2.56. The van der Waals surface area contributed by atoms with Crippen LogP contribution in [0.2, 0.25) is 0 Å². The number of rotatable bonds is 12. The van der Waals surface area contributed by atoms with E-state index in [4.69, 9.17) is 0 Å². The van der Waals surface area contributed by atoms with Crippen molar-refractivity contribution in [3.63, 3.8) is 0 Å². The summed E-state index contributed by atoms with van der Waals surface area (Å²) in [7, 11) is 0. The molecule has 0 aromatic heterocycles. The first-order valence-corrected chi connectivity index (χ1v) is 25.3. The Bertz CT molecular complexity index is 3100. The second-order valence-corrected chi connectivity index (χ2v) is 20.2. The lowest BCUT2D eigenvalue weighted by Gasteiger charge is -2.38. The Hall–Kier alpha value is -7.88. The molecule has 71 heavy (non-hydrogen) atoms. The van der Waals surface area contributed by atoms with Gasteiger partial charge >= 0.3 is 0 Å². The molecule has 2 aliphatic carbocycles. The zero-order chi connectivity index (χ0) is 49.2. The van der Waals surface area contributed by atoms with Crippen LogP contribution in [0.5, 0.6) is 0 Å². The van der Waals surface area contributed by atoms with Gasteiger partial charge in [0.25, 0.3) is 0 Å². The van der Waals surface area contributed by atoms with E-state index in [0.29, 0.717) is 0 Å². The third kappa shape index (κ3) is 10.2. The Balaban J connectivity index is 1.20. The van der Waals surface area contributed by atoms with Gasteiger partial charge in [0.15, 0.2) is 0 Å². The van der Waals surface area contributed by atoms with E-state index in [2.05, 4.69) is 289 Å². The monoisotopic (exact) mass is 924 g/mol. The summed E-state index contributed by atoms with van der Waals surface area (Å²) in [6, 6.07) is 70.0. The Morgan fingerprint density at radius 3 is 1.08 bits per heavy atom. The number of nitrogens with zero attached hydrogens (tertiary/aromatic N) is 3. The molecular weight excluding hydrogens is 859 g/mol. The van der Waals surface area contributed by atoms with Gasteiger partial charge in [-0.05, 0) is 161 Å². The lowest BCUT2D eigenvalue weighted by molar-refractivity contribution is 0.615. The first-order valence-electron chi connectivity index (χ1n) is 25.3. The SMILES string of the molecule is CC1=CC=C(N(C2=CC(C)C(c3ccc(C)cc3)C=C2)c2cc(N(c3ccc(C)cc3)c3ccc(-c4ccc(C)cc4)cc3)cc(N(c3ccc(C)cc3)c3ccc(-c4ccc(C)cc4)cc3)c2)C(C)C1. The molecule has 8 aromatic rings. The topological polar surface area (TPSA) is 9.72 Å². The van der Waals surface area contributed by atoms with Crippen LogP contribution in [0, 0.1) is 46.5 Å². The summed E-state index contributed by atoms with van der Waals surface area (Å²) in [5, 5.41) is 0. The summed E-state index contributed by atoms with van der Waals surface area (Å²) in [4.78, 5) is 7.42. The van der Waals surface area contributed by atoms with E-state index in [1.54, 1.807) is 0 Å². The fourth-order valence-corrected chi connectivity index (χ4v) is 10.3. The van der Waals surface area contributed by atoms with E-state index in [-0.39, 0.29) is 17.8 Å². The summed E-state index contributed by atoms with van der Waals surface area (Å²) in [6.07, 6.45) is 13.0. The molecular formula is C68H65N3. The van der Waals surface area contributed by atoms with E-state index >= 15 is 0 Å². The molecule has 0 N–H and O–H groups in total. The molecule has 3 heteroatoms. The molecule has 0 amide bonds. The van der Waals surface area contributed by atoms with Gasteiger partial charge in [0.1, 0.15) is 0 Å². The Morgan fingerprint density at radius 2 is 0.704 bits per heavy atom. The van der Waals surface area contributed by atoms with Gasteiger partial charge in [0.2, 0.25) is 0 Å². The van der Waals surface area contributed by atoms with Crippen LogP contribution in [0.3, 0.4) is 0 Å². The van der Waals surface area contributed by atoms with Crippen molar-refractivity contribution in [1.29, 1.82) is 0 Å². The van der Waals surface area contributed by atoms with Gasteiger partial charge in [-0.1, -0.05) is 187 Å². The molecule has 2 aliphatic rings. The molecule has 0 aliphatic heterocycles. The predicted octanol–water partition coefficient (Wildman–Crippen LogP) is 19.1. The summed E-state index contributed by atoms with van der Waals surface area (Å²) in [5.74, 6) is 0.839. The van der Waals surface area contributed by atoms with Crippen LogP contribution in [0.1, 0.15) is 66.5 Å². The van der Waals surface area contributed by atoms with E-state index in [1.165, 1.54) is 72.6 Å². The lowest BCUT2D eigenvalue weighted by atomic mass is 9.82. The molecule has 0 heterocycles. The van der Waals surface area contributed by atoms with Crippen LogP contribution >= 0.6 is 0 Å². The summed E-state index contributed by atoms with van der Waals surface area (Å²) >= 11 is 0. The highest BCUT2D eigenvalue weighted by atomic mass is 15.2. The van der Waals surface area contributed by atoms with Crippen LogP contribution in [-0.4, -0.2) is 0 Å². The highest BCUT2D eigenvalue weighted by Crippen LogP contribution is 2.47. The second-order valence-electron chi connectivity index (χ2n) is 20.2. The first-order chi connectivity index (χ1) is 34.4. The highest BCUT2D eigenvalue weighted by molar-refractivity contribution is 5.88. The predicted molar refractivity (Wildman–Crippen MR) is 304 cm³/mol. The molecule has 352 valence electrons. The maximum Gasteiger partial charge on any atom is 0.0503 e. The fourth-order valence-electron chi connectivity index (χ4n) is 10.3. The van der Waals surface area contributed by atoms with Crippen LogP contribution in [-0.2, 0) is 0 Å². The van der Waals surface area contributed by atoms with Gasteiger partial charge in [-0.3, -0.25) is 0 Å². The number of anilines is 7. The molecule has 0 saturated heterocycles. The molecule has 0 saturated carbocycles. The molecule has 0 fully saturated rings. The molecule has 3 nitrogen and oxygen atoms in total. The summed E-state index contributed by atoms with van der Waals surface area (Å²) in [6.45, 7) is 17.8. The normalized spacial score (nSPS) is 16.5. The van der Waals surface area contributed by atoms with Gasteiger partial charge < -0.3 is 14.7 Å². The number of aryl methyl sites for hydroxylation is 5. The minimum Gasteiger partial charge on any atom is -0.314 e. The van der Waals surface area contributed by atoms with Gasteiger partial charge in [-0.15, -0.1) is 0 Å². The van der Waals surface area contributed by atoms with Crippen molar-refractivity contribution in [1.82, 2.24) is 0 Å². The highest BCUT2D eigenvalue weighted by Gasteiger charge is 2.29.